The van der Waals surface area contributed by atoms with Gasteiger partial charge in [-0.25, -0.2) is 0 Å². The zero-order valence-corrected chi connectivity index (χ0v) is 8.68. The van der Waals surface area contributed by atoms with Gasteiger partial charge in [-0.15, -0.1) is 11.8 Å². The Bertz CT molecular complexity index is 330. The summed E-state index contributed by atoms with van der Waals surface area (Å²) in [4.78, 5) is 1.27. The summed E-state index contributed by atoms with van der Waals surface area (Å²) in [7, 11) is 0. The Morgan fingerprint density at radius 3 is 3.21 bits per heavy atom. The number of fused-ring (bicyclic) bond motifs is 1. The third-order valence-corrected chi connectivity index (χ3v) is 3.38. The predicted molar refractivity (Wildman–Crippen MR) is 59.7 cm³/mol. The molecule has 3 nitrogen and oxygen atoms in total. The van der Waals surface area contributed by atoms with Crippen molar-refractivity contribution in [1.82, 2.24) is 0 Å². The van der Waals surface area contributed by atoms with Crippen LogP contribution in [0.5, 0.6) is 0 Å². The van der Waals surface area contributed by atoms with Crippen molar-refractivity contribution in [3.8, 4) is 0 Å². The minimum Gasteiger partial charge on any atom is -0.394 e. The first-order chi connectivity index (χ1) is 6.81. The number of benzene rings is 1. The largest absolute Gasteiger partial charge is 0.394 e. The van der Waals surface area contributed by atoms with E-state index in [1.807, 2.05) is 23.9 Å². The minimum atomic E-state index is -0.269. The first-order valence-electron chi connectivity index (χ1n) is 4.68. The molecule has 1 atom stereocenters. The number of anilines is 1. The second-order valence-electron chi connectivity index (χ2n) is 3.32. The summed E-state index contributed by atoms with van der Waals surface area (Å²) >= 11 is 1.85. The molecule has 0 aliphatic carbocycles. The monoisotopic (exact) mass is 210 g/mol. The van der Waals surface area contributed by atoms with Gasteiger partial charge in [0.2, 0.25) is 0 Å². The summed E-state index contributed by atoms with van der Waals surface area (Å²) in [6.07, 6.45) is 0. The molecule has 0 aromatic heterocycles. The van der Waals surface area contributed by atoms with E-state index in [0.717, 1.165) is 23.5 Å². The highest BCUT2D eigenvalue weighted by Gasteiger charge is 2.11. The van der Waals surface area contributed by atoms with Crippen LogP contribution in [0.15, 0.2) is 23.1 Å². The van der Waals surface area contributed by atoms with Crippen molar-refractivity contribution in [2.24, 2.45) is 5.73 Å². The second kappa shape index (κ2) is 4.21. The molecule has 4 N–H and O–H groups in total. The average Bonchev–Trinajstić information content (AvgIpc) is 2.27. The maximum absolute atomic E-state index is 8.94. The number of thioether (sulfide) groups is 1. The van der Waals surface area contributed by atoms with Gasteiger partial charge < -0.3 is 16.2 Å². The van der Waals surface area contributed by atoms with Gasteiger partial charge in [0.1, 0.15) is 0 Å². The molecule has 1 unspecified atom stereocenters. The van der Waals surface area contributed by atoms with Gasteiger partial charge in [-0.05, 0) is 17.7 Å². The van der Waals surface area contributed by atoms with Crippen molar-refractivity contribution >= 4 is 17.4 Å². The molecule has 76 valence electrons. The van der Waals surface area contributed by atoms with Crippen molar-refractivity contribution in [1.29, 1.82) is 0 Å². The van der Waals surface area contributed by atoms with Crippen LogP contribution in [0, 0.1) is 0 Å². The lowest BCUT2D eigenvalue weighted by Gasteiger charge is -2.19. The molecule has 0 bridgehead atoms. The lowest BCUT2D eigenvalue weighted by Crippen LogP contribution is -2.16. The first kappa shape index (κ1) is 9.83. The Balaban J connectivity index is 2.29. The Hall–Kier alpha value is -0.710. The fraction of sp³-hybridized carbons (Fsp3) is 0.400. The Labute approximate surface area is 87.7 Å². The fourth-order valence-corrected chi connectivity index (χ4v) is 2.37. The Kier molecular flexibility index (Phi) is 2.96. The van der Waals surface area contributed by atoms with Crippen LogP contribution in [0.25, 0.3) is 0 Å². The molecule has 0 saturated carbocycles. The zero-order valence-electron chi connectivity index (χ0n) is 7.86. The molecule has 1 heterocycles. The third kappa shape index (κ3) is 1.87. The van der Waals surface area contributed by atoms with Crippen LogP contribution < -0.4 is 11.1 Å². The van der Waals surface area contributed by atoms with Gasteiger partial charge in [-0.1, -0.05) is 6.07 Å². The van der Waals surface area contributed by atoms with Crippen molar-refractivity contribution in [2.75, 3.05) is 24.2 Å². The number of aliphatic hydroxyl groups excluding tert-OH is 1. The van der Waals surface area contributed by atoms with Crippen molar-refractivity contribution < 1.29 is 5.11 Å². The number of rotatable bonds is 2. The van der Waals surface area contributed by atoms with Gasteiger partial charge in [-0.3, -0.25) is 0 Å². The molecule has 0 saturated heterocycles. The van der Waals surface area contributed by atoms with Crippen LogP contribution >= 0.6 is 11.8 Å². The maximum atomic E-state index is 8.94. The normalized spacial score (nSPS) is 17.0. The standard InChI is InChI=1S/C10H14N2OS/c11-8(6-13)7-1-2-10-9(5-7)12-3-4-14-10/h1-2,5,8,12-13H,3-4,6,11H2. The van der Waals surface area contributed by atoms with E-state index in [1.54, 1.807) is 0 Å². The topological polar surface area (TPSA) is 58.3 Å². The Morgan fingerprint density at radius 1 is 1.57 bits per heavy atom. The van der Waals surface area contributed by atoms with Crippen molar-refractivity contribution in [3.05, 3.63) is 23.8 Å². The molecule has 0 amide bonds. The summed E-state index contributed by atoms with van der Waals surface area (Å²) < 4.78 is 0. The summed E-state index contributed by atoms with van der Waals surface area (Å²) in [5, 5.41) is 12.3. The van der Waals surface area contributed by atoms with Crippen LogP contribution in [0.1, 0.15) is 11.6 Å². The predicted octanol–water partition coefficient (Wildman–Crippen LogP) is 1.20. The number of hydrogen-bond acceptors (Lipinski definition) is 4. The van der Waals surface area contributed by atoms with Crippen LogP contribution in [0.2, 0.25) is 0 Å². The molecule has 4 heteroatoms. The van der Waals surface area contributed by atoms with E-state index in [9.17, 15) is 0 Å². The summed E-state index contributed by atoms with van der Waals surface area (Å²) in [5.41, 5.74) is 7.87. The molecule has 1 aromatic carbocycles. The van der Waals surface area contributed by atoms with Crippen molar-refractivity contribution in [2.45, 2.75) is 10.9 Å². The molecular formula is C10H14N2OS. The lowest BCUT2D eigenvalue weighted by atomic mass is 10.1. The van der Waals surface area contributed by atoms with Gasteiger partial charge in [-0.2, -0.15) is 0 Å². The summed E-state index contributed by atoms with van der Waals surface area (Å²) in [5.74, 6) is 1.11. The number of aliphatic hydroxyl groups is 1. The van der Waals surface area contributed by atoms with Gasteiger partial charge in [0.15, 0.2) is 0 Å². The molecular weight excluding hydrogens is 196 g/mol. The van der Waals surface area contributed by atoms with Crippen LogP contribution in [-0.4, -0.2) is 24.0 Å². The van der Waals surface area contributed by atoms with E-state index in [-0.39, 0.29) is 12.6 Å². The third-order valence-electron chi connectivity index (χ3n) is 2.30. The molecule has 0 fully saturated rings. The molecule has 2 rings (SSSR count). The maximum Gasteiger partial charge on any atom is 0.0624 e. The van der Waals surface area contributed by atoms with Gasteiger partial charge in [0.25, 0.3) is 0 Å². The smallest absolute Gasteiger partial charge is 0.0624 e. The highest BCUT2D eigenvalue weighted by molar-refractivity contribution is 7.99. The van der Waals surface area contributed by atoms with E-state index in [0.29, 0.717) is 0 Å². The molecule has 1 aliphatic heterocycles. The zero-order chi connectivity index (χ0) is 9.97. The van der Waals surface area contributed by atoms with E-state index in [1.165, 1.54) is 4.90 Å². The van der Waals surface area contributed by atoms with Crippen LogP contribution in [0.3, 0.4) is 0 Å². The summed E-state index contributed by atoms with van der Waals surface area (Å²) in [6, 6.07) is 5.81. The van der Waals surface area contributed by atoms with E-state index >= 15 is 0 Å². The molecule has 0 spiro atoms. The van der Waals surface area contributed by atoms with Crippen LogP contribution in [-0.2, 0) is 0 Å². The molecule has 14 heavy (non-hydrogen) atoms. The average molecular weight is 210 g/mol. The number of nitrogens with two attached hydrogens (primary N) is 1. The summed E-state index contributed by atoms with van der Waals surface area (Å²) in [6.45, 7) is 0.988. The van der Waals surface area contributed by atoms with E-state index in [2.05, 4.69) is 11.4 Å². The lowest BCUT2D eigenvalue weighted by molar-refractivity contribution is 0.268. The SMILES string of the molecule is NC(CO)c1ccc2c(c1)NCCS2. The Morgan fingerprint density at radius 2 is 2.43 bits per heavy atom. The van der Waals surface area contributed by atoms with Crippen molar-refractivity contribution in [3.63, 3.8) is 0 Å². The quantitative estimate of drug-likeness (QED) is 0.686. The first-order valence-corrected chi connectivity index (χ1v) is 5.67. The van der Waals surface area contributed by atoms with Crippen LogP contribution in [0.4, 0.5) is 5.69 Å². The van der Waals surface area contributed by atoms with E-state index in [4.69, 9.17) is 10.8 Å². The molecule has 1 aliphatic rings. The highest BCUT2D eigenvalue weighted by Crippen LogP contribution is 2.32. The van der Waals surface area contributed by atoms with Gasteiger partial charge >= 0.3 is 0 Å². The van der Waals surface area contributed by atoms with E-state index < -0.39 is 0 Å². The second-order valence-corrected chi connectivity index (χ2v) is 4.46. The van der Waals surface area contributed by atoms with Gasteiger partial charge in [0.05, 0.1) is 12.6 Å². The minimum absolute atomic E-state index is 0.00801. The number of nitrogens with one attached hydrogen (secondary N) is 1. The molecule has 0 radical (unpaired) electrons. The molecule has 1 aromatic rings. The number of hydrogen-bond donors (Lipinski definition) is 3. The fourth-order valence-electron chi connectivity index (χ4n) is 1.49. The highest BCUT2D eigenvalue weighted by atomic mass is 32.2. The van der Waals surface area contributed by atoms with Gasteiger partial charge in [0, 0.05) is 22.9 Å².